The van der Waals surface area contributed by atoms with Crippen molar-refractivity contribution < 1.29 is 27.4 Å². The summed E-state index contributed by atoms with van der Waals surface area (Å²) in [7, 11) is 0.853. The summed E-state index contributed by atoms with van der Waals surface area (Å²) in [5.74, 6) is 0.348. The Kier molecular flexibility index (Phi) is 9.90. The Hall–Kier alpha value is -2.63. The van der Waals surface area contributed by atoms with Crippen molar-refractivity contribution in [3.05, 3.63) is 41.7 Å². The number of carbonyl (C=O) groups is 1. The summed E-state index contributed by atoms with van der Waals surface area (Å²) in [6.45, 7) is 7.08. The smallest absolute Gasteiger partial charge is 0.318 e. The molecule has 1 heterocycles. The first-order chi connectivity index (χ1) is 16.0. The van der Waals surface area contributed by atoms with Crippen LogP contribution in [0.4, 0.5) is 4.79 Å². The first-order valence-electron chi connectivity index (χ1n) is 11.0. The topological polar surface area (TPSA) is 112 Å². The molecule has 0 bridgehead atoms. The fraction of sp³-hybridized carbons (Fsp3) is 0.565. The molecule has 11 heteroatoms. The third-order valence-electron chi connectivity index (χ3n) is 4.88. The molecule has 10 nitrogen and oxygen atoms in total. The van der Waals surface area contributed by atoms with Crippen LogP contribution in [0.5, 0.6) is 5.75 Å². The van der Waals surface area contributed by atoms with E-state index in [1.807, 2.05) is 20.8 Å². The minimum Gasteiger partial charge on any atom is -0.497 e. The standard InChI is InChI=1S/C23H36N4O6S/c1-23(2,3)25-21(28)26(10-12-31-4)16-19-15-24-22(27(19)11-13-32-5)34(29,30)17-18-8-7-9-20(14-18)33-6/h7-9,14-15H,10-13,16-17H2,1-6H3,(H,25,28). The van der Waals surface area contributed by atoms with Gasteiger partial charge in [-0.2, -0.15) is 0 Å². The molecule has 0 radical (unpaired) electrons. The van der Waals surface area contributed by atoms with Crippen molar-refractivity contribution in [3.8, 4) is 5.75 Å². The molecule has 0 fully saturated rings. The highest BCUT2D eigenvalue weighted by Crippen LogP contribution is 2.21. The van der Waals surface area contributed by atoms with Gasteiger partial charge in [0.15, 0.2) is 0 Å². The van der Waals surface area contributed by atoms with Gasteiger partial charge in [0.05, 0.1) is 44.5 Å². The van der Waals surface area contributed by atoms with Crippen LogP contribution >= 0.6 is 0 Å². The number of nitrogens with one attached hydrogen (secondary N) is 1. The Balaban J connectivity index is 2.37. The fourth-order valence-electron chi connectivity index (χ4n) is 3.28. The molecule has 0 spiro atoms. The lowest BCUT2D eigenvalue weighted by molar-refractivity contribution is 0.140. The van der Waals surface area contributed by atoms with Crippen molar-refractivity contribution in [1.82, 2.24) is 19.8 Å². The zero-order valence-electron chi connectivity index (χ0n) is 20.8. The van der Waals surface area contributed by atoms with Crippen LogP contribution < -0.4 is 10.1 Å². The Bertz CT molecular complexity index is 1050. The van der Waals surface area contributed by atoms with E-state index >= 15 is 0 Å². The maximum absolute atomic E-state index is 13.3. The van der Waals surface area contributed by atoms with Crippen molar-refractivity contribution in [2.24, 2.45) is 0 Å². The Morgan fingerprint density at radius 2 is 1.85 bits per heavy atom. The number of aromatic nitrogens is 2. The minimum absolute atomic E-state index is 0.0645. The molecule has 190 valence electrons. The van der Waals surface area contributed by atoms with Crippen LogP contribution in [0.2, 0.25) is 0 Å². The number of nitrogens with zero attached hydrogens (tertiary/aromatic N) is 3. The van der Waals surface area contributed by atoms with Gasteiger partial charge < -0.3 is 29.0 Å². The van der Waals surface area contributed by atoms with Crippen LogP contribution in [-0.2, 0) is 38.2 Å². The fourth-order valence-corrected chi connectivity index (χ4v) is 4.79. The van der Waals surface area contributed by atoms with E-state index < -0.39 is 15.4 Å². The summed E-state index contributed by atoms with van der Waals surface area (Å²) >= 11 is 0. The van der Waals surface area contributed by atoms with Gasteiger partial charge in [0.25, 0.3) is 0 Å². The number of methoxy groups -OCH3 is 3. The first-order valence-corrected chi connectivity index (χ1v) is 12.6. The quantitative estimate of drug-likeness (QED) is 0.480. The van der Waals surface area contributed by atoms with Crippen molar-refractivity contribution >= 4 is 15.9 Å². The number of hydrogen-bond donors (Lipinski definition) is 1. The Morgan fingerprint density at radius 1 is 1.15 bits per heavy atom. The van der Waals surface area contributed by atoms with Crippen LogP contribution in [-0.4, -0.2) is 75.5 Å². The molecular weight excluding hydrogens is 460 g/mol. The van der Waals surface area contributed by atoms with Gasteiger partial charge in [0.2, 0.25) is 15.0 Å². The summed E-state index contributed by atoms with van der Waals surface area (Å²) in [5.41, 5.74) is 0.749. The molecule has 2 rings (SSSR count). The van der Waals surface area contributed by atoms with E-state index in [4.69, 9.17) is 14.2 Å². The summed E-state index contributed by atoms with van der Waals surface area (Å²) in [6, 6.07) is 6.64. The van der Waals surface area contributed by atoms with Gasteiger partial charge in [-0.3, -0.25) is 0 Å². The van der Waals surface area contributed by atoms with E-state index in [-0.39, 0.29) is 36.6 Å². The van der Waals surface area contributed by atoms with Crippen LogP contribution in [0.25, 0.3) is 0 Å². The molecule has 1 N–H and O–H groups in total. The summed E-state index contributed by atoms with van der Waals surface area (Å²) in [6.07, 6.45) is 1.50. The number of sulfone groups is 1. The minimum atomic E-state index is -3.78. The predicted molar refractivity (Wildman–Crippen MR) is 129 cm³/mol. The Labute approximate surface area is 202 Å². The van der Waals surface area contributed by atoms with Gasteiger partial charge in [0.1, 0.15) is 5.75 Å². The molecule has 1 aromatic heterocycles. The molecule has 0 aliphatic rings. The molecule has 0 saturated carbocycles. The summed E-state index contributed by atoms with van der Waals surface area (Å²) in [4.78, 5) is 18.7. The van der Waals surface area contributed by atoms with Crippen LogP contribution in [0.1, 0.15) is 32.0 Å². The van der Waals surface area contributed by atoms with Gasteiger partial charge in [-0.1, -0.05) is 12.1 Å². The molecule has 2 aromatic rings. The molecule has 0 aliphatic carbocycles. The van der Waals surface area contributed by atoms with E-state index in [9.17, 15) is 13.2 Å². The average molecular weight is 497 g/mol. The molecule has 0 atom stereocenters. The van der Waals surface area contributed by atoms with E-state index in [0.717, 1.165) is 0 Å². The molecular formula is C23H36N4O6S. The van der Waals surface area contributed by atoms with Gasteiger partial charge in [-0.15, -0.1) is 0 Å². The van der Waals surface area contributed by atoms with Crippen molar-refractivity contribution in [1.29, 1.82) is 0 Å². The maximum atomic E-state index is 13.3. The SMILES string of the molecule is COCCN(Cc1cnc(S(=O)(=O)Cc2cccc(OC)c2)n1CCOC)C(=O)NC(C)(C)C. The zero-order chi connectivity index (χ0) is 25.4. The van der Waals surface area contributed by atoms with E-state index in [1.54, 1.807) is 48.0 Å². The molecule has 2 amide bonds. The van der Waals surface area contributed by atoms with Gasteiger partial charge in [-0.05, 0) is 38.5 Å². The van der Waals surface area contributed by atoms with E-state index in [0.29, 0.717) is 30.2 Å². The van der Waals surface area contributed by atoms with Gasteiger partial charge in [-0.25, -0.2) is 18.2 Å². The third kappa shape index (κ3) is 8.00. The number of amides is 2. The summed E-state index contributed by atoms with van der Waals surface area (Å²) in [5, 5.41) is 2.87. The molecule has 0 aliphatic heterocycles. The van der Waals surface area contributed by atoms with Crippen molar-refractivity contribution in [2.75, 3.05) is 41.1 Å². The Morgan fingerprint density at radius 3 is 2.47 bits per heavy atom. The second kappa shape index (κ2) is 12.2. The highest BCUT2D eigenvalue weighted by molar-refractivity contribution is 7.90. The second-order valence-electron chi connectivity index (χ2n) is 8.88. The lowest BCUT2D eigenvalue weighted by Crippen LogP contribution is -2.49. The normalized spacial score (nSPS) is 11.9. The second-order valence-corrected chi connectivity index (χ2v) is 10.8. The zero-order valence-corrected chi connectivity index (χ0v) is 21.6. The maximum Gasteiger partial charge on any atom is 0.318 e. The number of urea groups is 1. The van der Waals surface area contributed by atoms with Gasteiger partial charge >= 0.3 is 6.03 Å². The number of imidazole rings is 1. The number of hydrogen-bond acceptors (Lipinski definition) is 7. The predicted octanol–water partition coefficient (Wildman–Crippen LogP) is 2.47. The lowest BCUT2D eigenvalue weighted by atomic mass is 10.1. The molecule has 0 unspecified atom stereocenters. The lowest BCUT2D eigenvalue weighted by Gasteiger charge is -2.28. The average Bonchev–Trinajstić information content (AvgIpc) is 3.17. The summed E-state index contributed by atoms with van der Waals surface area (Å²) < 4.78 is 43.8. The highest BCUT2D eigenvalue weighted by Gasteiger charge is 2.26. The molecule has 34 heavy (non-hydrogen) atoms. The number of carbonyl (C=O) groups excluding carboxylic acids is 1. The molecule has 1 aromatic carbocycles. The van der Waals surface area contributed by atoms with Crippen molar-refractivity contribution in [3.63, 3.8) is 0 Å². The van der Waals surface area contributed by atoms with Crippen LogP contribution in [0.3, 0.4) is 0 Å². The number of benzene rings is 1. The van der Waals surface area contributed by atoms with Crippen LogP contribution in [0.15, 0.2) is 35.6 Å². The number of rotatable bonds is 12. The highest BCUT2D eigenvalue weighted by atomic mass is 32.2. The van der Waals surface area contributed by atoms with E-state index in [1.165, 1.54) is 13.3 Å². The molecule has 0 saturated heterocycles. The third-order valence-corrected chi connectivity index (χ3v) is 6.47. The largest absolute Gasteiger partial charge is 0.497 e. The van der Waals surface area contributed by atoms with Crippen LogP contribution in [0, 0.1) is 0 Å². The van der Waals surface area contributed by atoms with Crippen molar-refractivity contribution in [2.45, 2.75) is 50.3 Å². The van der Waals surface area contributed by atoms with E-state index in [2.05, 4.69) is 10.3 Å². The monoisotopic (exact) mass is 496 g/mol. The first kappa shape index (κ1) is 27.6. The van der Waals surface area contributed by atoms with Gasteiger partial charge in [0, 0.05) is 32.8 Å². The number of ether oxygens (including phenoxy) is 3.